The van der Waals surface area contributed by atoms with E-state index in [1.54, 1.807) is 0 Å². The lowest BCUT2D eigenvalue weighted by Crippen LogP contribution is -2.51. The Hall–Kier alpha value is -1.69. The van der Waals surface area contributed by atoms with Gasteiger partial charge in [-0.25, -0.2) is 0 Å². The number of rotatable bonds is 5. The topological polar surface area (TPSA) is 47.7 Å². The number of nitrogens with zero attached hydrogens (tertiary/aromatic N) is 2. The number of furan rings is 1. The molecule has 0 radical (unpaired) electrons. The molecule has 25 heavy (non-hydrogen) atoms. The van der Waals surface area contributed by atoms with Gasteiger partial charge in [0.1, 0.15) is 11.5 Å². The maximum Gasteiger partial charge on any atom is 0.118 e. The molecule has 1 aliphatic heterocycles. The van der Waals surface area contributed by atoms with Crippen molar-refractivity contribution in [3.63, 3.8) is 0 Å². The lowest BCUT2D eigenvalue weighted by molar-refractivity contribution is -0.119. The number of aromatic nitrogens is 1. The molecule has 3 heterocycles. The normalized spacial score (nSPS) is 26.7. The van der Waals surface area contributed by atoms with E-state index in [4.69, 9.17) is 13.9 Å². The van der Waals surface area contributed by atoms with Gasteiger partial charge in [0.05, 0.1) is 32.0 Å². The second kappa shape index (κ2) is 7.28. The number of ether oxygens (including phenoxy) is 2. The minimum absolute atomic E-state index is 0.160. The lowest BCUT2D eigenvalue weighted by Gasteiger charge is -2.38. The smallest absolute Gasteiger partial charge is 0.118 e. The Kier molecular flexibility index (Phi) is 4.88. The van der Waals surface area contributed by atoms with Crippen LogP contribution in [-0.2, 0) is 22.6 Å². The van der Waals surface area contributed by atoms with Crippen molar-refractivity contribution in [1.82, 2.24) is 9.88 Å². The van der Waals surface area contributed by atoms with Gasteiger partial charge in [-0.15, -0.1) is 0 Å². The van der Waals surface area contributed by atoms with Crippen molar-refractivity contribution in [2.45, 2.75) is 58.1 Å². The maximum absolute atomic E-state index is 6.18. The zero-order valence-electron chi connectivity index (χ0n) is 15.0. The first kappa shape index (κ1) is 16.8. The SMILES string of the molecule is Cc1cc(CN2CCO[C@H]3[C@@H](OCc4ccncc4)CC[C@@H]32)oc1C. The van der Waals surface area contributed by atoms with E-state index in [9.17, 15) is 0 Å². The molecule has 2 aromatic rings. The molecule has 0 N–H and O–H groups in total. The highest BCUT2D eigenvalue weighted by atomic mass is 16.5. The van der Waals surface area contributed by atoms with Gasteiger partial charge in [0.15, 0.2) is 0 Å². The molecule has 3 atom stereocenters. The fraction of sp³-hybridized carbons (Fsp3) is 0.550. The van der Waals surface area contributed by atoms with Crippen molar-refractivity contribution in [1.29, 1.82) is 0 Å². The summed E-state index contributed by atoms with van der Waals surface area (Å²) in [5.41, 5.74) is 2.39. The predicted octanol–water partition coefficient (Wildman–Crippen LogP) is 3.24. The van der Waals surface area contributed by atoms with Gasteiger partial charge < -0.3 is 13.9 Å². The first-order chi connectivity index (χ1) is 12.2. The molecule has 1 saturated carbocycles. The van der Waals surface area contributed by atoms with Gasteiger partial charge in [-0.05, 0) is 56.0 Å². The monoisotopic (exact) mass is 342 g/mol. The third-order valence-electron chi connectivity index (χ3n) is 5.44. The average Bonchev–Trinajstić information content (AvgIpc) is 3.18. The summed E-state index contributed by atoms with van der Waals surface area (Å²) < 4.78 is 18.1. The van der Waals surface area contributed by atoms with Crippen LogP contribution in [0.5, 0.6) is 0 Å². The molecule has 0 spiro atoms. The quantitative estimate of drug-likeness (QED) is 0.835. The predicted molar refractivity (Wildman–Crippen MR) is 94.2 cm³/mol. The molecule has 5 nitrogen and oxygen atoms in total. The van der Waals surface area contributed by atoms with E-state index < -0.39 is 0 Å². The molecule has 0 unspecified atom stereocenters. The van der Waals surface area contributed by atoms with Crippen LogP contribution in [0.25, 0.3) is 0 Å². The minimum Gasteiger partial charge on any atom is -0.465 e. The molecule has 2 aliphatic rings. The molecule has 0 amide bonds. The zero-order chi connectivity index (χ0) is 17.2. The van der Waals surface area contributed by atoms with E-state index in [2.05, 4.69) is 22.9 Å². The largest absolute Gasteiger partial charge is 0.465 e. The van der Waals surface area contributed by atoms with Gasteiger partial charge in [-0.2, -0.15) is 0 Å². The standard InChI is InChI=1S/C20H26N2O3/c1-14-11-17(25-15(14)2)12-22-9-10-23-20-18(22)3-4-19(20)24-13-16-5-7-21-8-6-16/h5-8,11,18-20H,3-4,9-10,12-13H2,1-2H3/t18-,19-,20+/m0/s1. The first-order valence-corrected chi connectivity index (χ1v) is 9.13. The maximum atomic E-state index is 6.18. The number of hydrogen-bond donors (Lipinski definition) is 0. The second-order valence-corrected chi connectivity index (χ2v) is 7.11. The van der Waals surface area contributed by atoms with E-state index in [1.807, 2.05) is 31.5 Å². The summed E-state index contributed by atoms with van der Waals surface area (Å²) in [6.07, 6.45) is 6.11. The molecule has 4 rings (SSSR count). The molecular weight excluding hydrogens is 316 g/mol. The Balaban J connectivity index is 1.38. The molecule has 2 fully saturated rings. The van der Waals surface area contributed by atoms with Crippen molar-refractivity contribution in [2.24, 2.45) is 0 Å². The Morgan fingerprint density at radius 1 is 1.24 bits per heavy atom. The number of hydrogen-bond acceptors (Lipinski definition) is 5. The Morgan fingerprint density at radius 3 is 2.84 bits per heavy atom. The van der Waals surface area contributed by atoms with Gasteiger partial charge in [-0.1, -0.05) is 0 Å². The van der Waals surface area contributed by atoms with Crippen molar-refractivity contribution in [3.8, 4) is 0 Å². The van der Waals surface area contributed by atoms with Gasteiger partial charge in [0.25, 0.3) is 0 Å². The molecule has 0 aromatic carbocycles. The van der Waals surface area contributed by atoms with E-state index in [0.717, 1.165) is 49.6 Å². The van der Waals surface area contributed by atoms with E-state index in [1.165, 1.54) is 5.56 Å². The third-order valence-corrected chi connectivity index (χ3v) is 5.44. The second-order valence-electron chi connectivity index (χ2n) is 7.11. The van der Waals surface area contributed by atoms with Crippen molar-refractivity contribution in [2.75, 3.05) is 13.2 Å². The van der Waals surface area contributed by atoms with Crippen LogP contribution in [0.3, 0.4) is 0 Å². The van der Waals surface area contributed by atoms with Crippen LogP contribution in [0, 0.1) is 13.8 Å². The van der Waals surface area contributed by atoms with E-state index in [-0.39, 0.29) is 12.2 Å². The Labute approximate surface area is 148 Å². The number of fused-ring (bicyclic) bond motifs is 1. The molecule has 2 aromatic heterocycles. The Bertz CT molecular complexity index is 681. The summed E-state index contributed by atoms with van der Waals surface area (Å²) in [4.78, 5) is 6.55. The molecule has 0 bridgehead atoms. The van der Waals surface area contributed by atoms with Crippen LogP contribution in [0.15, 0.2) is 35.0 Å². The molecule has 5 heteroatoms. The third kappa shape index (κ3) is 3.64. The summed E-state index contributed by atoms with van der Waals surface area (Å²) in [5.74, 6) is 2.07. The highest BCUT2D eigenvalue weighted by Gasteiger charge is 2.43. The molecule has 1 saturated heterocycles. The highest BCUT2D eigenvalue weighted by Crippen LogP contribution is 2.33. The van der Waals surface area contributed by atoms with Gasteiger partial charge in [0.2, 0.25) is 0 Å². The van der Waals surface area contributed by atoms with E-state index >= 15 is 0 Å². The minimum atomic E-state index is 0.160. The van der Waals surface area contributed by atoms with Crippen LogP contribution < -0.4 is 0 Å². The first-order valence-electron chi connectivity index (χ1n) is 9.13. The van der Waals surface area contributed by atoms with Crippen LogP contribution >= 0.6 is 0 Å². The van der Waals surface area contributed by atoms with Crippen LogP contribution in [0.2, 0.25) is 0 Å². The number of morpholine rings is 1. The van der Waals surface area contributed by atoms with Gasteiger partial charge in [0, 0.05) is 25.0 Å². The van der Waals surface area contributed by atoms with Crippen molar-refractivity contribution >= 4 is 0 Å². The fourth-order valence-electron chi connectivity index (χ4n) is 3.98. The summed E-state index contributed by atoms with van der Waals surface area (Å²) in [6.45, 7) is 7.32. The zero-order valence-corrected chi connectivity index (χ0v) is 15.0. The van der Waals surface area contributed by atoms with Crippen LogP contribution in [0.1, 0.15) is 35.5 Å². The van der Waals surface area contributed by atoms with Crippen molar-refractivity contribution in [3.05, 3.63) is 53.2 Å². The number of pyridine rings is 1. The molecule has 1 aliphatic carbocycles. The average molecular weight is 342 g/mol. The van der Waals surface area contributed by atoms with Crippen LogP contribution in [0.4, 0.5) is 0 Å². The highest BCUT2D eigenvalue weighted by molar-refractivity contribution is 5.19. The molecular formula is C20H26N2O3. The lowest BCUT2D eigenvalue weighted by atomic mass is 10.1. The van der Waals surface area contributed by atoms with Gasteiger partial charge >= 0.3 is 0 Å². The molecule has 134 valence electrons. The summed E-state index contributed by atoms with van der Waals surface area (Å²) >= 11 is 0. The van der Waals surface area contributed by atoms with Crippen molar-refractivity contribution < 1.29 is 13.9 Å². The van der Waals surface area contributed by atoms with Gasteiger partial charge in [-0.3, -0.25) is 9.88 Å². The van der Waals surface area contributed by atoms with E-state index in [0.29, 0.717) is 12.6 Å². The summed E-state index contributed by atoms with van der Waals surface area (Å²) in [6, 6.07) is 6.58. The summed E-state index contributed by atoms with van der Waals surface area (Å²) in [5, 5.41) is 0. The summed E-state index contributed by atoms with van der Waals surface area (Å²) in [7, 11) is 0. The van der Waals surface area contributed by atoms with Crippen LogP contribution in [-0.4, -0.2) is 41.3 Å². The fourth-order valence-corrected chi connectivity index (χ4v) is 3.98. The number of aryl methyl sites for hydroxylation is 2. The Morgan fingerprint density at radius 2 is 2.08 bits per heavy atom.